The van der Waals surface area contributed by atoms with Crippen molar-refractivity contribution >= 4 is 0 Å². The van der Waals surface area contributed by atoms with E-state index < -0.39 is 0 Å². The van der Waals surface area contributed by atoms with Crippen LogP contribution in [-0.4, -0.2) is 10.1 Å². The van der Waals surface area contributed by atoms with E-state index in [4.69, 9.17) is 10.3 Å². The van der Waals surface area contributed by atoms with E-state index in [1.165, 1.54) is 12.8 Å². The topological polar surface area (TPSA) is 64.9 Å². The van der Waals surface area contributed by atoms with Gasteiger partial charge in [-0.3, -0.25) is 0 Å². The van der Waals surface area contributed by atoms with Gasteiger partial charge >= 0.3 is 0 Å². The molecule has 0 aromatic carbocycles. The van der Waals surface area contributed by atoms with Gasteiger partial charge in [0.15, 0.2) is 5.82 Å². The molecule has 1 aromatic heterocycles. The molecule has 1 unspecified atom stereocenters. The fourth-order valence-corrected chi connectivity index (χ4v) is 1.12. The van der Waals surface area contributed by atoms with Crippen LogP contribution in [0.15, 0.2) is 4.52 Å². The molecule has 1 aromatic rings. The Morgan fingerprint density at radius 3 is 2.92 bits per heavy atom. The van der Waals surface area contributed by atoms with E-state index in [9.17, 15) is 0 Å². The Kier molecular flexibility index (Phi) is 1.84. The Morgan fingerprint density at radius 2 is 2.42 bits per heavy atom. The summed E-state index contributed by atoms with van der Waals surface area (Å²) in [6.45, 7) is 1.84. The Balaban J connectivity index is 2.02. The zero-order valence-electron chi connectivity index (χ0n) is 7.16. The summed E-state index contributed by atoms with van der Waals surface area (Å²) in [6, 6.07) is -0.148. The summed E-state index contributed by atoms with van der Waals surface area (Å²) in [5.74, 6) is 2.15. The first-order chi connectivity index (χ1) is 5.75. The zero-order valence-corrected chi connectivity index (χ0v) is 7.16. The first-order valence-electron chi connectivity index (χ1n) is 4.34. The van der Waals surface area contributed by atoms with Gasteiger partial charge in [0.1, 0.15) is 0 Å². The highest BCUT2D eigenvalue weighted by Gasteiger charge is 2.24. The fourth-order valence-electron chi connectivity index (χ4n) is 1.12. The van der Waals surface area contributed by atoms with Gasteiger partial charge in [-0.1, -0.05) is 5.16 Å². The van der Waals surface area contributed by atoms with Gasteiger partial charge in [0, 0.05) is 6.42 Å². The molecular formula is C8H13N3O. The van der Waals surface area contributed by atoms with Gasteiger partial charge in [-0.2, -0.15) is 4.98 Å². The van der Waals surface area contributed by atoms with E-state index >= 15 is 0 Å². The molecule has 4 heteroatoms. The van der Waals surface area contributed by atoms with Crippen LogP contribution in [0.4, 0.5) is 0 Å². The molecule has 1 saturated carbocycles. The molecule has 1 heterocycles. The van der Waals surface area contributed by atoms with Gasteiger partial charge in [0.05, 0.1) is 6.04 Å². The van der Waals surface area contributed by atoms with Gasteiger partial charge in [-0.15, -0.1) is 0 Å². The molecule has 0 spiro atoms. The van der Waals surface area contributed by atoms with Crippen molar-refractivity contribution in [3.8, 4) is 0 Å². The predicted octanol–water partition coefficient (Wildman–Crippen LogP) is 1.04. The highest BCUT2D eigenvalue weighted by atomic mass is 16.5. The molecular weight excluding hydrogens is 154 g/mol. The number of nitrogens with two attached hydrogens (primary N) is 1. The quantitative estimate of drug-likeness (QED) is 0.730. The van der Waals surface area contributed by atoms with Crippen molar-refractivity contribution in [3.63, 3.8) is 0 Å². The van der Waals surface area contributed by atoms with Crippen molar-refractivity contribution in [1.82, 2.24) is 10.1 Å². The Labute approximate surface area is 71.1 Å². The molecule has 0 amide bonds. The third-order valence-corrected chi connectivity index (χ3v) is 2.04. The van der Waals surface area contributed by atoms with E-state index in [0.717, 1.165) is 18.2 Å². The summed E-state index contributed by atoms with van der Waals surface area (Å²) in [6.07, 6.45) is 3.57. The number of hydrogen-bond acceptors (Lipinski definition) is 4. The third-order valence-electron chi connectivity index (χ3n) is 2.04. The Bertz CT molecular complexity index is 265. The summed E-state index contributed by atoms with van der Waals surface area (Å²) in [5.41, 5.74) is 5.58. The maximum Gasteiger partial charge on any atom is 0.243 e. The van der Waals surface area contributed by atoms with E-state index in [0.29, 0.717) is 5.89 Å². The molecule has 0 aliphatic heterocycles. The summed E-state index contributed by atoms with van der Waals surface area (Å²) in [5, 5.41) is 3.85. The molecule has 1 aliphatic rings. The van der Waals surface area contributed by atoms with Crippen molar-refractivity contribution in [2.24, 2.45) is 11.7 Å². The lowest BCUT2D eigenvalue weighted by Gasteiger charge is -1.92. The molecule has 0 bridgehead atoms. The van der Waals surface area contributed by atoms with Crippen molar-refractivity contribution in [2.75, 3.05) is 0 Å². The smallest absolute Gasteiger partial charge is 0.243 e. The molecule has 0 radical (unpaired) electrons. The van der Waals surface area contributed by atoms with Crippen LogP contribution >= 0.6 is 0 Å². The summed E-state index contributed by atoms with van der Waals surface area (Å²) in [4.78, 5) is 4.19. The molecule has 1 fully saturated rings. The minimum absolute atomic E-state index is 0.148. The van der Waals surface area contributed by atoms with E-state index in [-0.39, 0.29) is 6.04 Å². The minimum Gasteiger partial charge on any atom is -0.338 e. The summed E-state index contributed by atoms with van der Waals surface area (Å²) < 4.78 is 4.97. The summed E-state index contributed by atoms with van der Waals surface area (Å²) in [7, 11) is 0. The predicted molar refractivity (Wildman–Crippen MR) is 43.3 cm³/mol. The van der Waals surface area contributed by atoms with Gasteiger partial charge < -0.3 is 10.3 Å². The Hall–Kier alpha value is -0.900. The van der Waals surface area contributed by atoms with Crippen molar-refractivity contribution in [3.05, 3.63) is 11.7 Å². The second-order valence-electron chi connectivity index (χ2n) is 3.49. The molecule has 2 N–H and O–H groups in total. The van der Waals surface area contributed by atoms with Crippen LogP contribution in [0.2, 0.25) is 0 Å². The van der Waals surface area contributed by atoms with Crippen molar-refractivity contribution in [1.29, 1.82) is 0 Å². The second kappa shape index (κ2) is 2.86. The monoisotopic (exact) mass is 167 g/mol. The van der Waals surface area contributed by atoms with Crippen molar-refractivity contribution < 1.29 is 4.52 Å². The lowest BCUT2D eigenvalue weighted by atomic mass is 10.3. The van der Waals surface area contributed by atoms with Crippen LogP contribution < -0.4 is 5.73 Å². The van der Waals surface area contributed by atoms with Crippen LogP contribution in [0, 0.1) is 5.92 Å². The normalized spacial score (nSPS) is 19.5. The molecule has 0 saturated heterocycles. The lowest BCUT2D eigenvalue weighted by Crippen LogP contribution is -2.05. The third kappa shape index (κ3) is 1.64. The maximum atomic E-state index is 5.58. The standard InChI is InChI=1S/C8H13N3O/c1-5(9)8-10-7(11-12-8)4-6-2-3-6/h5-6H,2-4,9H2,1H3. The maximum absolute atomic E-state index is 5.58. The molecule has 66 valence electrons. The van der Waals surface area contributed by atoms with Crippen LogP contribution in [0.3, 0.4) is 0 Å². The summed E-state index contributed by atoms with van der Waals surface area (Å²) >= 11 is 0. The van der Waals surface area contributed by atoms with E-state index in [1.807, 2.05) is 6.92 Å². The molecule has 1 aliphatic carbocycles. The number of aromatic nitrogens is 2. The van der Waals surface area contributed by atoms with Gasteiger partial charge in [0.2, 0.25) is 5.89 Å². The first kappa shape index (κ1) is 7.73. The second-order valence-corrected chi connectivity index (χ2v) is 3.49. The molecule has 1 atom stereocenters. The number of rotatable bonds is 3. The largest absolute Gasteiger partial charge is 0.338 e. The van der Waals surface area contributed by atoms with Gasteiger partial charge in [0.25, 0.3) is 0 Å². The average molecular weight is 167 g/mol. The lowest BCUT2D eigenvalue weighted by molar-refractivity contribution is 0.356. The van der Waals surface area contributed by atoms with Crippen LogP contribution in [0.5, 0.6) is 0 Å². The van der Waals surface area contributed by atoms with Crippen molar-refractivity contribution in [2.45, 2.75) is 32.2 Å². The highest BCUT2D eigenvalue weighted by molar-refractivity contribution is 4.94. The van der Waals surface area contributed by atoms with Crippen LogP contribution in [0.25, 0.3) is 0 Å². The van der Waals surface area contributed by atoms with Gasteiger partial charge in [-0.05, 0) is 25.7 Å². The van der Waals surface area contributed by atoms with Crippen LogP contribution in [-0.2, 0) is 6.42 Å². The van der Waals surface area contributed by atoms with Gasteiger partial charge in [-0.25, -0.2) is 0 Å². The van der Waals surface area contributed by atoms with E-state index in [2.05, 4.69) is 10.1 Å². The fraction of sp³-hybridized carbons (Fsp3) is 0.750. The zero-order chi connectivity index (χ0) is 8.55. The van der Waals surface area contributed by atoms with E-state index in [1.54, 1.807) is 0 Å². The van der Waals surface area contributed by atoms with Crippen LogP contribution in [0.1, 0.15) is 37.5 Å². The average Bonchev–Trinajstić information content (AvgIpc) is 2.66. The number of nitrogens with zero attached hydrogens (tertiary/aromatic N) is 2. The molecule has 4 nitrogen and oxygen atoms in total. The SMILES string of the molecule is CC(N)c1nc(CC2CC2)no1. The highest BCUT2D eigenvalue weighted by Crippen LogP contribution is 2.31. The first-order valence-corrected chi connectivity index (χ1v) is 4.34. The number of hydrogen-bond donors (Lipinski definition) is 1. The molecule has 12 heavy (non-hydrogen) atoms. The Morgan fingerprint density at radius 1 is 1.67 bits per heavy atom. The molecule has 2 rings (SSSR count). The minimum atomic E-state index is -0.148.